The van der Waals surface area contributed by atoms with E-state index in [1.165, 1.54) is 5.30 Å². The van der Waals surface area contributed by atoms with Crippen molar-refractivity contribution >= 4 is 13.2 Å². The second-order valence-corrected chi connectivity index (χ2v) is 8.91. The van der Waals surface area contributed by atoms with Crippen molar-refractivity contribution in [3.63, 3.8) is 0 Å². The maximum atomic E-state index is 5.69. The van der Waals surface area contributed by atoms with Crippen LogP contribution in [0.4, 0.5) is 0 Å². The lowest BCUT2D eigenvalue weighted by atomic mass is 9.96. The molecule has 0 heterocycles. The molecule has 0 aliphatic heterocycles. The normalized spacial score (nSPS) is 10.7. The SMILES string of the molecule is COc1cccc(OC)c1-c1cccc(-c2c(OC)cccc2OC)c1P(C)C. The number of ether oxygens (including phenoxy) is 4. The van der Waals surface area contributed by atoms with Gasteiger partial charge in [-0.25, -0.2) is 0 Å². The van der Waals surface area contributed by atoms with E-state index in [4.69, 9.17) is 18.9 Å². The third kappa shape index (κ3) is 3.90. The van der Waals surface area contributed by atoms with Gasteiger partial charge in [0.1, 0.15) is 23.0 Å². The highest BCUT2D eigenvalue weighted by atomic mass is 31.1. The molecular weight excluding hydrogens is 383 g/mol. The Kier molecular flexibility index (Phi) is 6.66. The van der Waals surface area contributed by atoms with Crippen LogP contribution in [0.1, 0.15) is 0 Å². The topological polar surface area (TPSA) is 36.9 Å². The molecule has 5 heteroatoms. The monoisotopic (exact) mass is 410 g/mol. The van der Waals surface area contributed by atoms with Gasteiger partial charge in [0.05, 0.1) is 39.6 Å². The Morgan fingerprint density at radius 2 is 0.828 bits per heavy atom. The Bertz CT molecular complexity index is 880. The molecule has 0 aliphatic carbocycles. The molecule has 0 amide bonds. The molecular formula is C24H27O4P. The Morgan fingerprint density at radius 3 is 1.10 bits per heavy atom. The molecule has 3 rings (SSSR count). The Hall–Kier alpha value is -2.71. The fraction of sp³-hybridized carbons (Fsp3) is 0.250. The summed E-state index contributed by atoms with van der Waals surface area (Å²) in [7, 11) is 6.27. The molecule has 3 aromatic carbocycles. The van der Waals surface area contributed by atoms with Gasteiger partial charge in [-0.2, -0.15) is 0 Å². The summed E-state index contributed by atoms with van der Waals surface area (Å²) in [5, 5.41) is 1.24. The quantitative estimate of drug-likeness (QED) is 0.487. The van der Waals surface area contributed by atoms with Crippen molar-refractivity contribution in [2.75, 3.05) is 41.8 Å². The summed E-state index contributed by atoms with van der Waals surface area (Å²) in [5.41, 5.74) is 4.11. The highest BCUT2D eigenvalue weighted by molar-refractivity contribution is 7.64. The van der Waals surface area contributed by atoms with E-state index in [1.807, 2.05) is 36.4 Å². The molecule has 29 heavy (non-hydrogen) atoms. The zero-order valence-electron chi connectivity index (χ0n) is 17.8. The first-order chi connectivity index (χ1) is 14.1. The van der Waals surface area contributed by atoms with Crippen LogP contribution in [0.2, 0.25) is 0 Å². The van der Waals surface area contributed by atoms with E-state index in [9.17, 15) is 0 Å². The summed E-state index contributed by atoms with van der Waals surface area (Å²) in [4.78, 5) is 0. The van der Waals surface area contributed by atoms with Crippen molar-refractivity contribution in [3.05, 3.63) is 54.6 Å². The smallest absolute Gasteiger partial charge is 0.130 e. The van der Waals surface area contributed by atoms with Crippen molar-refractivity contribution in [2.45, 2.75) is 0 Å². The lowest BCUT2D eigenvalue weighted by Crippen LogP contribution is -2.11. The minimum absolute atomic E-state index is 0.476. The van der Waals surface area contributed by atoms with Crippen molar-refractivity contribution < 1.29 is 18.9 Å². The highest BCUT2D eigenvalue weighted by Gasteiger charge is 2.23. The molecule has 0 spiro atoms. The van der Waals surface area contributed by atoms with Gasteiger partial charge in [-0.15, -0.1) is 0 Å². The first-order valence-electron chi connectivity index (χ1n) is 9.30. The fourth-order valence-electron chi connectivity index (χ4n) is 3.66. The zero-order valence-corrected chi connectivity index (χ0v) is 18.7. The summed E-state index contributed by atoms with van der Waals surface area (Å²) in [6, 6.07) is 18.1. The van der Waals surface area contributed by atoms with Crippen molar-refractivity contribution in [1.29, 1.82) is 0 Å². The summed E-state index contributed by atoms with van der Waals surface area (Å²) >= 11 is 0. The van der Waals surface area contributed by atoms with E-state index in [1.54, 1.807) is 28.4 Å². The number of rotatable bonds is 7. The van der Waals surface area contributed by atoms with Gasteiger partial charge in [0.2, 0.25) is 0 Å². The standard InChI is InChI=1S/C24H27O4P/c1-25-18-12-8-13-19(26-2)22(18)16-10-7-11-17(24(16)29(5)6)23-20(27-3)14-9-15-21(23)28-4/h7-15H,1-6H3. The summed E-state index contributed by atoms with van der Waals surface area (Å²) < 4.78 is 22.8. The molecule has 3 aromatic rings. The van der Waals surface area contributed by atoms with Gasteiger partial charge in [-0.05, 0) is 54.0 Å². The van der Waals surface area contributed by atoms with Gasteiger partial charge in [-0.3, -0.25) is 0 Å². The molecule has 0 N–H and O–H groups in total. The van der Waals surface area contributed by atoms with Gasteiger partial charge in [-0.1, -0.05) is 38.3 Å². The Morgan fingerprint density at radius 1 is 0.517 bits per heavy atom. The summed E-state index contributed by atoms with van der Waals surface area (Å²) in [6.45, 7) is 4.50. The number of hydrogen-bond donors (Lipinski definition) is 0. The van der Waals surface area contributed by atoms with Crippen LogP contribution in [0.5, 0.6) is 23.0 Å². The fourth-order valence-corrected chi connectivity index (χ4v) is 5.00. The predicted molar refractivity (Wildman–Crippen MR) is 122 cm³/mol. The molecule has 0 radical (unpaired) electrons. The minimum Gasteiger partial charge on any atom is -0.496 e. The van der Waals surface area contributed by atoms with Crippen LogP contribution in [0.15, 0.2) is 54.6 Å². The number of methoxy groups -OCH3 is 4. The maximum absolute atomic E-state index is 5.69. The lowest BCUT2D eigenvalue weighted by Gasteiger charge is -2.23. The van der Waals surface area contributed by atoms with Crippen LogP contribution in [0.25, 0.3) is 22.3 Å². The minimum atomic E-state index is -0.476. The Balaban J connectivity index is 2.40. The van der Waals surface area contributed by atoms with E-state index < -0.39 is 7.92 Å². The largest absolute Gasteiger partial charge is 0.496 e. The van der Waals surface area contributed by atoms with Crippen LogP contribution in [-0.2, 0) is 0 Å². The molecule has 0 aromatic heterocycles. The highest BCUT2D eigenvalue weighted by Crippen LogP contribution is 2.46. The molecule has 0 fully saturated rings. The molecule has 152 valence electrons. The molecule has 0 unspecified atom stereocenters. The van der Waals surface area contributed by atoms with Crippen molar-refractivity contribution in [2.24, 2.45) is 0 Å². The van der Waals surface area contributed by atoms with Gasteiger partial charge < -0.3 is 18.9 Å². The molecule has 0 aliphatic rings. The average Bonchev–Trinajstić information content (AvgIpc) is 2.76. The van der Waals surface area contributed by atoms with Crippen LogP contribution in [0.3, 0.4) is 0 Å². The maximum Gasteiger partial charge on any atom is 0.130 e. The van der Waals surface area contributed by atoms with Crippen LogP contribution < -0.4 is 24.3 Å². The van der Waals surface area contributed by atoms with E-state index in [-0.39, 0.29) is 0 Å². The van der Waals surface area contributed by atoms with E-state index in [2.05, 4.69) is 31.5 Å². The van der Waals surface area contributed by atoms with Gasteiger partial charge >= 0.3 is 0 Å². The van der Waals surface area contributed by atoms with E-state index >= 15 is 0 Å². The summed E-state index contributed by atoms with van der Waals surface area (Å²) in [5.74, 6) is 3.14. The number of benzene rings is 3. The third-order valence-corrected chi connectivity index (χ3v) is 6.25. The molecule has 0 bridgehead atoms. The second kappa shape index (κ2) is 9.19. The van der Waals surface area contributed by atoms with Crippen LogP contribution >= 0.6 is 7.92 Å². The molecule has 4 nitrogen and oxygen atoms in total. The van der Waals surface area contributed by atoms with Gasteiger partial charge in [0, 0.05) is 0 Å². The summed E-state index contributed by atoms with van der Waals surface area (Å²) in [6.07, 6.45) is 0. The molecule has 0 atom stereocenters. The van der Waals surface area contributed by atoms with Crippen molar-refractivity contribution in [3.8, 4) is 45.3 Å². The first-order valence-corrected chi connectivity index (χ1v) is 11.5. The van der Waals surface area contributed by atoms with Crippen LogP contribution in [0, 0.1) is 0 Å². The lowest BCUT2D eigenvalue weighted by molar-refractivity contribution is 0.397. The molecule has 0 saturated carbocycles. The van der Waals surface area contributed by atoms with Gasteiger partial charge in [0.15, 0.2) is 0 Å². The first kappa shape index (κ1) is 21.0. The van der Waals surface area contributed by atoms with E-state index in [0.29, 0.717) is 0 Å². The van der Waals surface area contributed by atoms with Gasteiger partial charge in [0.25, 0.3) is 0 Å². The van der Waals surface area contributed by atoms with E-state index in [0.717, 1.165) is 45.3 Å². The third-order valence-electron chi connectivity index (χ3n) is 4.88. The second-order valence-electron chi connectivity index (χ2n) is 6.67. The average molecular weight is 410 g/mol. The molecule has 0 saturated heterocycles. The Labute approximate surface area is 174 Å². The van der Waals surface area contributed by atoms with Crippen LogP contribution in [-0.4, -0.2) is 41.8 Å². The zero-order chi connectivity index (χ0) is 21.0. The van der Waals surface area contributed by atoms with Crippen molar-refractivity contribution in [1.82, 2.24) is 0 Å². The number of hydrogen-bond acceptors (Lipinski definition) is 4. The predicted octanol–water partition coefficient (Wildman–Crippen LogP) is 5.42.